The van der Waals surface area contributed by atoms with E-state index in [0.29, 0.717) is 12.0 Å². The summed E-state index contributed by atoms with van der Waals surface area (Å²) >= 11 is 2.01. The Kier molecular flexibility index (Phi) is 3.42. The van der Waals surface area contributed by atoms with Gasteiger partial charge in [0.25, 0.3) is 0 Å². The molecule has 0 aromatic rings. The van der Waals surface area contributed by atoms with Gasteiger partial charge in [0.05, 0.1) is 11.2 Å². The molecule has 3 rings (SSSR count). The summed E-state index contributed by atoms with van der Waals surface area (Å²) in [6.45, 7) is 3.90. The van der Waals surface area contributed by atoms with E-state index < -0.39 is 5.60 Å². The molecule has 4 atom stereocenters. The van der Waals surface area contributed by atoms with Gasteiger partial charge in [0.15, 0.2) is 0 Å². The van der Waals surface area contributed by atoms with Crippen molar-refractivity contribution < 1.29 is 9.84 Å². The smallest absolute Gasteiger partial charge is 0.0818 e. The van der Waals surface area contributed by atoms with Gasteiger partial charge < -0.3 is 14.7 Å². The zero-order valence-corrected chi connectivity index (χ0v) is 12.3. The predicted molar refractivity (Wildman–Crippen MR) is 75.0 cm³/mol. The van der Waals surface area contributed by atoms with E-state index in [1.54, 1.807) is 0 Å². The van der Waals surface area contributed by atoms with E-state index in [2.05, 4.69) is 18.9 Å². The summed E-state index contributed by atoms with van der Waals surface area (Å²) in [4.78, 5) is 2.30. The number of likely N-dealkylation sites (N-methyl/N-ethyl adjacent to an activating group) is 1. The van der Waals surface area contributed by atoms with Crippen LogP contribution in [0.4, 0.5) is 0 Å². The second-order valence-corrected chi connectivity index (χ2v) is 7.70. The molecule has 3 nitrogen and oxygen atoms in total. The van der Waals surface area contributed by atoms with Crippen LogP contribution in [0.5, 0.6) is 0 Å². The molecule has 1 N–H and O–H groups in total. The highest BCUT2D eigenvalue weighted by Crippen LogP contribution is 2.46. The van der Waals surface area contributed by atoms with Crippen LogP contribution >= 0.6 is 11.8 Å². The van der Waals surface area contributed by atoms with Gasteiger partial charge in [-0.05, 0) is 51.3 Å². The number of hydrogen-bond donors (Lipinski definition) is 1. The first-order valence-electron chi connectivity index (χ1n) is 7.17. The Hall–Kier alpha value is 0.230. The van der Waals surface area contributed by atoms with E-state index >= 15 is 0 Å². The Morgan fingerprint density at radius 2 is 2.22 bits per heavy atom. The van der Waals surface area contributed by atoms with Crippen LogP contribution in [0.2, 0.25) is 0 Å². The third kappa shape index (κ3) is 2.21. The van der Waals surface area contributed by atoms with Crippen LogP contribution in [0.3, 0.4) is 0 Å². The fourth-order valence-electron chi connectivity index (χ4n) is 3.97. The highest BCUT2D eigenvalue weighted by atomic mass is 32.2. The fraction of sp³-hybridized carbons (Fsp3) is 1.00. The topological polar surface area (TPSA) is 32.7 Å². The lowest BCUT2D eigenvalue weighted by molar-refractivity contribution is -0.128. The summed E-state index contributed by atoms with van der Waals surface area (Å²) in [5.74, 6) is 2.78. The summed E-state index contributed by atoms with van der Waals surface area (Å²) in [5, 5.41) is 11.0. The molecule has 4 unspecified atom stereocenters. The standard InChI is InChI=1S/C14H25NO2S/c1-11-7-14(16,9-15(11)2)12-3-5-17-13(8-12)4-6-18-10-13/h11-12,16H,3-10H2,1-2H3. The molecule has 104 valence electrons. The van der Waals surface area contributed by atoms with Crippen LogP contribution in [-0.4, -0.2) is 59.0 Å². The van der Waals surface area contributed by atoms with Crippen LogP contribution < -0.4 is 0 Å². The monoisotopic (exact) mass is 271 g/mol. The van der Waals surface area contributed by atoms with E-state index in [9.17, 15) is 5.11 Å². The number of ether oxygens (including phenoxy) is 1. The Morgan fingerprint density at radius 1 is 1.39 bits per heavy atom. The molecule has 0 saturated carbocycles. The zero-order chi connectivity index (χ0) is 12.8. The van der Waals surface area contributed by atoms with Gasteiger partial charge in [-0.15, -0.1) is 0 Å². The highest BCUT2D eigenvalue weighted by molar-refractivity contribution is 7.99. The van der Waals surface area contributed by atoms with Gasteiger partial charge in [-0.2, -0.15) is 11.8 Å². The van der Waals surface area contributed by atoms with E-state index in [0.717, 1.165) is 38.2 Å². The lowest BCUT2D eigenvalue weighted by Gasteiger charge is -2.43. The van der Waals surface area contributed by atoms with Crippen molar-refractivity contribution >= 4 is 11.8 Å². The summed E-state index contributed by atoms with van der Waals surface area (Å²) in [5.41, 5.74) is -0.383. The second-order valence-electron chi connectivity index (χ2n) is 6.60. The van der Waals surface area contributed by atoms with E-state index in [1.165, 1.54) is 12.2 Å². The molecular formula is C14H25NO2S. The molecule has 4 heteroatoms. The minimum Gasteiger partial charge on any atom is -0.388 e. The summed E-state index contributed by atoms with van der Waals surface area (Å²) in [6, 6.07) is 0.506. The molecular weight excluding hydrogens is 246 g/mol. The Labute approximate surface area is 114 Å². The molecule has 18 heavy (non-hydrogen) atoms. The minimum atomic E-state index is -0.474. The van der Waals surface area contributed by atoms with Crippen LogP contribution in [0.25, 0.3) is 0 Å². The summed E-state index contributed by atoms with van der Waals surface area (Å²) in [6.07, 6.45) is 4.20. The van der Waals surface area contributed by atoms with Crippen molar-refractivity contribution in [3.8, 4) is 0 Å². The maximum absolute atomic E-state index is 11.0. The van der Waals surface area contributed by atoms with Gasteiger partial charge in [-0.3, -0.25) is 0 Å². The third-order valence-electron chi connectivity index (χ3n) is 5.24. The molecule has 3 aliphatic heterocycles. The number of β-amino-alcohol motifs (C(OH)–C–C–N with tert-alkyl or cyclic N) is 1. The van der Waals surface area contributed by atoms with Crippen molar-refractivity contribution in [3.05, 3.63) is 0 Å². The predicted octanol–water partition coefficient (Wildman–Crippen LogP) is 1.74. The first-order valence-corrected chi connectivity index (χ1v) is 8.33. The van der Waals surface area contributed by atoms with E-state index in [4.69, 9.17) is 4.74 Å². The van der Waals surface area contributed by atoms with Gasteiger partial charge in [-0.25, -0.2) is 0 Å². The molecule has 0 bridgehead atoms. The van der Waals surface area contributed by atoms with Gasteiger partial charge >= 0.3 is 0 Å². The number of likely N-dealkylation sites (tertiary alicyclic amines) is 1. The normalized spacial score (nSPS) is 50.2. The number of rotatable bonds is 1. The lowest BCUT2D eigenvalue weighted by Crippen LogP contribution is -2.49. The SMILES string of the molecule is CC1CC(O)(C2CCOC3(CCSC3)C2)CN1C. The second kappa shape index (κ2) is 4.65. The highest BCUT2D eigenvalue weighted by Gasteiger charge is 2.50. The molecule has 1 spiro atoms. The van der Waals surface area contributed by atoms with Crippen molar-refractivity contribution in [1.29, 1.82) is 0 Å². The number of hydrogen-bond acceptors (Lipinski definition) is 4. The van der Waals surface area contributed by atoms with Gasteiger partial charge in [0.2, 0.25) is 0 Å². The maximum Gasteiger partial charge on any atom is 0.0818 e. The quantitative estimate of drug-likeness (QED) is 0.787. The van der Waals surface area contributed by atoms with Crippen LogP contribution in [0.1, 0.15) is 32.6 Å². The number of nitrogens with zero attached hydrogens (tertiary/aromatic N) is 1. The average molecular weight is 271 g/mol. The third-order valence-corrected chi connectivity index (χ3v) is 6.47. The molecule has 3 fully saturated rings. The first kappa shape index (κ1) is 13.2. The van der Waals surface area contributed by atoms with Gasteiger partial charge in [0, 0.05) is 24.9 Å². The number of thioether (sulfide) groups is 1. The van der Waals surface area contributed by atoms with Crippen molar-refractivity contribution in [2.75, 3.05) is 31.7 Å². The molecule has 0 aliphatic carbocycles. The fourth-order valence-corrected chi connectivity index (χ4v) is 5.34. The number of aliphatic hydroxyl groups is 1. The van der Waals surface area contributed by atoms with E-state index in [1.807, 2.05) is 11.8 Å². The van der Waals surface area contributed by atoms with Crippen molar-refractivity contribution in [2.24, 2.45) is 5.92 Å². The molecule has 0 radical (unpaired) electrons. The molecule has 3 aliphatic rings. The van der Waals surface area contributed by atoms with Gasteiger partial charge in [0.1, 0.15) is 0 Å². The van der Waals surface area contributed by atoms with Crippen LogP contribution in [0.15, 0.2) is 0 Å². The van der Waals surface area contributed by atoms with Crippen molar-refractivity contribution in [2.45, 2.75) is 49.9 Å². The molecule has 0 amide bonds. The zero-order valence-electron chi connectivity index (χ0n) is 11.5. The molecule has 3 saturated heterocycles. The van der Waals surface area contributed by atoms with Crippen molar-refractivity contribution in [1.82, 2.24) is 4.90 Å². The Bertz CT molecular complexity index is 307. The van der Waals surface area contributed by atoms with E-state index in [-0.39, 0.29) is 5.60 Å². The molecule has 0 aromatic heterocycles. The van der Waals surface area contributed by atoms with Crippen LogP contribution in [0, 0.1) is 5.92 Å². The molecule has 3 heterocycles. The maximum atomic E-state index is 11.0. The first-order chi connectivity index (χ1) is 8.53. The Morgan fingerprint density at radius 3 is 2.83 bits per heavy atom. The van der Waals surface area contributed by atoms with Crippen LogP contribution in [-0.2, 0) is 4.74 Å². The summed E-state index contributed by atoms with van der Waals surface area (Å²) in [7, 11) is 2.13. The lowest BCUT2D eigenvalue weighted by atomic mass is 9.74. The summed E-state index contributed by atoms with van der Waals surface area (Å²) < 4.78 is 6.07. The van der Waals surface area contributed by atoms with Crippen molar-refractivity contribution in [3.63, 3.8) is 0 Å². The minimum absolute atomic E-state index is 0.0910. The Balaban J connectivity index is 1.72. The largest absolute Gasteiger partial charge is 0.388 e. The molecule has 0 aromatic carbocycles. The average Bonchev–Trinajstić information content (AvgIpc) is 2.86. The van der Waals surface area contributed by atoms with Gasteiger partial charge in [-0.1, -0.05) is 0 Å².